The highest BCUT2D eigenvalue weighted by atomic mass is 19.4. The molecule has 4 aromatic rings. The number of carboxylic acid groups (broad SMARTS) is 2. The fourth-order valence-electron chi connectivity index (χ4n) is 4.97. The molecule has 0 unspecified atom stereocenters. The first kappa shape index (κ1) is 39.9. The molecule has 0 fully saturated rings. The van der Waals surface area contributed by atoms with Crippen molar-refractivity contribution in [2.24, 2.45) is 0 Å². The Balaban J connectivity index is 0.000000908. The number of hydrogen-bond acceptors (Lipinski definition) is 6. The molecule has 0 aliphatic rings. The molecule has 3 N–H and O–H groups in total. The lowest BCUT2D eigenvalue weighted by molar-refractivity contribution is -0.192. The van der Waals surface area contributed by atoms with Crippen LogP contribution in [0.25, 0.3) is 11.1 Å². The van der Waals surface area contributed by atoms with Gasteiger partial charge in [0, 0.05) is 23.4 Å². The summed E-state index contributed by atoms with van der Waals surface area (Å²) in [5.41, 5.74) is -4.44. The first-order chi connectivity index (χ1) is 23.8. The number of alkyl halides is 6. The molecule has 10 nitrogen and oxygen atoms in total. The molecule has 1 heterocycles. The summed E-state index contributed by atoms with van der Waals surface area (Å²) >= 11 is 0. The molecule has 274 valence electrons. The molecule has 0 aliphatic carbocycles. The van der Waals surface area contributed by atoms with Gasteiger partial charge in [-0.3, -0.25) is 18.7 Å². The zero-order chi connectivity index (χ0) is 38.3. The number of carboxylic acids is 2. The zero-order valence-electron chi connectivity index (χ0n) is 26.6. The second-order valence-corrected chi connectivity index (χ2v) is 10.7. The number of aliphatic carboxylic acids is 2. The molecule has 1 atom stereocenters. The van der Waals surface area contributed by atoms with Gasteiger partial charge in [0.1, 0.15) is 5.82 Å². The Bertz CT molecular complexity index is 1990. The molecule has 0 spiro atoms. The summed E-state index contributed by atoms with van der Waals surface area (Å²) in [6, 6.07) is 14.0. The van der Waals surface area contributed by atoms with E-state index in [0.717, 1.165) is 21.3 Å². The Morgan fingerprint density at radius 2 is 1.49 bits per heavy atom. The van der Waals surface area contributed by atoms with Gasteiger partial charge in [0.05, 0.1) is 43.8 Å². The van der Waals surface area contributed by atoms with Crippen molar-refractivity contribution in [1.29, 1.82) is 0 Å². The maximum absolute atomic E-state index is 15.5. The molecular formula is C33H29F8N3O7. The highest BCUT2D eigenvalue weighted by Crippen LogP contribution is 2.34. The van der Waals surface area contributed by atoms with Gasteiger partial charge in [0.25, 0.3) is 5.56 Å². The number of ether oxygens (including phenoxy) is 1. The molecule has 18 heteroatoms. The third-order valence-electron chi connectivity index (χ3n) is 7.42. The Kier molecular flexibility index (Phi) is 12.9. The molecule has 0 saturated heterocycles. The van der Waals surface area contributed by atoms with Crippen LogP contribution in [-0.4, -0.2) is 51.1 Å². The normalized spacial score (nSPS) is 12.1. The second-order valence-electron chi connectivity index (χ2n) is 10.7. The van der Waals surface area contributed by atoms with Crippen molar-refractivity contribution in [2.75, 3.05) is 13.7 Å². The van der Waals surface area contributed by atoms with Crippen molar-refractivity contribution in [1.82, 2.24) is 14.5 Å². The highest BCUT2D eigenvalue weighted by molar-refractivity contribution is 5.73. The third kappa shape index (κ3) is 9.80. The van der Waals surface area contributed by atoms with Gasteiger partial charge in [0.15, 0.2) is 11.6 Å². The third-order valence-corrected chi connectivity index (χ3v) is 7.42. The van der Waals surface area contributed by atoms with Crippen LogP contribution >= 0.6 is 0 Å². The second kappa shape index (κ2) is 16.5. The van der Waals surface area contributed by atoms with Crippen LogP contribution in [0.1, 0.15) is 34.8 Å². The van der Waals surface area contributed by atoms with Crippen molar-refractivity contribution in [3.05, 3.63) is 122 Å². The number of halogens is 8. The van der Waals surface area contributed by atoms with Gasteiger partial charge in [-0.1, -0.05) is 48.5 Å². The molecular weight excluding hydrogens is 702 g/mol. The molecule has 0 radical (unpaired) electrons. The van der Waals surface area contributed by atoms with Crippen molar-refractivity contribution in [3.8, 4) is 16.9 Å². The van der Waals surface area contributed by atoms with Crippen LogP contribution in [-0.2, 0) is 28.9 Å². The molecule has 0 saturated carbocycles. The average molecular weight is 732 g/mol. The van der Waals surface area contributed by atoms with Crippen LogP contribution in [0.4, 0.5) is 35.1 Å². The van der Waals surface area contributed by atoms with Crippen molar-refractivity contribution < 1.29 is 59.7 Å². The minimum Gasteiger partial charge on any atom is -0.494 e. The number of nitrogens with one attached hydrogen (secondary N) is 1. The number of benzene rings is 3. The average Bonchev–Trinajstić information content (AvgIpc) is 3.05. The first-order valence-electron chi connectivity index (χ1n) is 14.6. The fourth-order valence-corrected chi connectivity index (χ4v) is 4.97. The molecule has 1 aromatic heterocycles. The maximum atomic E-state index is 15.5. The van der Waals surface area contributed by atoms with E-state index in [-0.39, 0.29) is 35.5 Å². The number of methoxy groups -OCH3 is 1. The van der Waals surface area contributed by atoms with Crippen LogP contribution in [0.5, 0.6) is 5.75 Å². The van der Waals surface area contributed by atoms with E-state index in [1.54, 1.807) is 30.3 Å². The van der Waals surface area contributed by atoms with Crippen LogP contribution in [0.15, 0.2) is 76.3 Å². The van der Waals surface area contributed by atoms with E-state index < -0.39 is 77.4 Å². The minimum atomic E-state index is -5.08. The van der Waals surface area contributed by atoms with E-state index in [1.807, 2.05) is 0 Å². The van der Waals surface area contributed by atoms with Gasteiger partial charge in [-0.15, -0.1) is 0 Å². The van der Waals surface area contributed by atoms with Crippen molar-refractivity contribution >= 4 is 11.9 Å². The summed E-state index contributed by atoms with van der Waals surface area (Å²) in [5, 5.41) is 19.2. The van der Waals surface area contributed by atoms with Crippen molar-refractivity contribution in [2.45, 2.75) is 44.8 Å². The summed E-state index contributed by atoms with van der Waals surface area (Å²) < 4.78 is 110. The fraction of sp³-hybridized carbons (Fsp3) is 0.273. The molecule has 0 bridgehead atoms. The van der Waals surface area contributed by atoms with Gasteiger partial charge in [-0.2, -0.15) is 26.3 Å². The van der Waals surface area contributed by atoms with E-state index in [9.17, 15) is 45.1 Å². The van der Waals surface area contributed by atoms with Crippen LogP contribution in [0.2, 0.25) is 0 Å². The summed E-state index contributed by atoms with van der Waals surface area (Å²) in [5.74, 6) is -6.26. The molecule has 51 heavy (non-hydrogen) atoms. The van der Waals surface area contributed by atoms with E-state index >= 15 is 4.39 Å². The highest BCUT2D eigenvalue weighted by Gasteiger charge is 2.38. The van der Waals surface area contributed by atoms with E-state index in [1.165, 1.54) is 32.2 Å². The Morgan fingerprint density at radius 1 is 0.882 bits per heavy atom. The standard InChI is InChI=1S/C31H28F5N3O5.C2HF3O2/c1-18-27(20-10-6-13-25(44-2)28(20)33)29(42)39(17-24(37-15-14-26(40)41)19-8-4-3-5-9-19)30(43)38(18)16-21-22(31(34,35)36)11-7-12-23(21)32;3-2(4,5)1(6)7/h3-13,24,37H,14-17H2,1-2H3,(H,40,41);(H,6,7)/t24-;/m0./s1. The summed E-state index contributed by atoms with van der Waals surface area (Å²) in [4.78, 5) is 47.9. The first-order valence-corrected chi connectivity index (χ1v) is 14.6. The Hall–Kier alpha value is -5.52. The molecule has 4 rings (SSSR count). The lowest BCUT2D eigenvalue weighted by atomic mass is 10.0. The molecule has 3 aromatic carbocycles. The number of aromatic nitrogens is 2. The van der Waals surface area contributed by atoms with Gasteiger partial charge in [-0.05, 0) is 30.7 Å². The quantitative estimate of drug-likeness (QED) is 0.165. The Labute approximate surface area is 283 Å². The summed E-state index contributed by atoms with van der Waals surface area (Å²) in [7, 11) is 1.21. The lowest BCUT2D eigenvalue weighted by Gasteiger charge is -2.23. The predicted molar refractivity (Wildman–Crippen MR) is 165 cm³/mol. The van der Waals surface area contributed by atoms with Gasteiger partial charge >= 0.3 is 30.0 Å². The molecule has 0 amide bonds. The number of rotatable bonds is 11. The number of carbonyl (C=O) groups is 2. The summed E-state index contributed by atoms with van der Waals surface area (Å²) in [6.07, 6.45) is -10.3. The van der Waals surface area contributed by atoms with Crippen LogP contribution in [0, 0.1) is 18.6 Å². The monoisotopic (exact) mass is 731 g/mol. The van der Waals surface area contributed by atoms with E-state index in [0.29, 0.717) is 11.6 Å². The van der Waals surface area contributed by atoms with Gasteiger partial charge < -0.3 is 20.3 Å². The zero-order valence-corrected chi connectivity index (χ0v) is 26.6. The molecule has 0 aliphatic heterocycles. The number of hydrogen-bond donors (Lipinski definition) is 3. The van der Waals surface area contributed by atoms with Gasteiger partial charge in [-0.25, -0.2) is 18.4 Å². The van der Waals surface area contributed by atoms with Crippen LogP contribution in [0.3, 0.4) is 0 Å². The number of nitrogens with zero attached hydrogens (tertiary/aromatic N) is 2. The van der Waals surface area contributed by atoms with E-state index in [4.69, 9.17) is 19.7 Å². The topological polar surface area (TPSA) is 140 Å². The summed E-state index contributed by atoms with van der Waals surface area (Å²) in [6.45, 7) is -0.127. The smallest absolute Gasteiger partial charge is 0.490 e. The Morgan fingerprint density at radius 3 is 2.04 bits per heavy atom. The van der Waals surface area contributed by atoms with Crippen molar-refractivity contribution in [3.63, 3.8) is 0 Å². The minimum absolute atomic E-state index is 0.0504. The lowest BCUT2D eigenvalue weighted by Crippen LogP contribution is -2.45. The largest absolute Gasteiger partial charge is 0.494 e. The van der Waals surface area contributed by atoms with Gasteiger partial charge in [0.2, 0.25) is 0 Å². The maximum Gasteiger partial charge on any atom is 0.490 e. The SMILES string of the molecule is COc1cccc(-c2c(C)n(Cc3c(F)cccc3C(F)(F)F)c(=O)n(C[C@H](NCCC(=O)O)c3ccccc3)c2=O)c1F.O=C(O)C(F)(F)F. The predicted octanol–water partition coefficient (Wildman–Crippen LogP) is 5.78. The van der Waals surface area contributed by atoms with Crippen LogP contribution < -0.4 is 21.3 Å². The van der Waals surface area contributed by atoms with E-state index in [2.05, 4.69) is 5.32 Å².